The second kappa shape index (κ2) is 6.77. The first-order chi connectivity index (χ1) is 9.24. The fourth-order valence-electron chi connectivity index (χ4n) is 1.49. The highest BCUT2D eigenvalue weighted by Gasteiger charge is 2.34. The molecule has 0 aliphatic rings. The summed E-state index contributed by atoms with van der Waals surface area (Å²) < 4.78 is 37.4. The Kier molecular flexibility index (Phi) is 5.60. The van der Waals surface area contributed by atoms with Crippen molar-refractivity contribution in [1.29, 1.82) is 0 Å². The molecule has 7 heteroatoms. The molecular weight excluding hydrogens is 291 g/mol. The van der Waals surface area contributed by atoms with Crippen LogP contribution in [-0.4, -0.2) is 41.3 Å². The van der Waals surface area contributed by atoms with Gasteiger partial charge >= 0.3 is 6.18 Å². The van der Waals surface area contributed by atoms with E-state index in [9.17, 15) is 18.0 Å². The Balaban J connectivity index is 2.92. The van der Waals surface area contributed by atoms with E-state index in [0.29, 0.717) is 4.88 Å². The first-order valence-corrected chi connectivity index (χ1v) is 6.68. The van der Waals surface area contributed by atoms with Gasteiger partial charge in [-0.3, -0.25) is 4.79 Å². The SMILES string of the molecule is CC(C)N(CC(F)(F)F)C(=O)c1csc(C#CCO)c1. The lowest BCUT2D eigenvalue weighted by Gasteiger charge is -2.27. The van der Waals surface area contributed by atoms with Crippen LogP contribution in [0.5, 0.6) is 0 Å². The van der Waals surface area contributed by atoms with Crippen LogP contribution >= 0.6 is 11.3 Å². The number of alkyl halides is 3. The van der Waals surface area contributed by atoms with Gasteiger partial charge in [0.25, 0.3) is 5.91 Å². The van der Waals surface area contributed by atoms with E-state index in [2.05, 4.69) is 11.8 Å². The topological polar surface area (TPSA) is 40.5 Å². The smallest absolute Gasteiger partial charge is 0.384 e. The summed E-state index contributed by atoms with van der Waals surface area (Å²) in [5.41, 5.74) is 0.176. The van der Waals surface area contributed by atoms with Gasteiger partial charge in [-0.15, -0.1) is 11.3 Å². The Morgan fingerprint density at radius 3 is 2.65 bits per heavy atom. The fourth-order valence-corrected chi connectivity index (χ4v) is 2.24. The quantitative estimate of drug-likeness (QED) is 0.872. The Morgan fingerprint density at radius 2 is 2.15 bits per heavy atom. The lowest BCUT2D eigenvalue weighted by molar-refractivity contribution is -0.143. The molecule has 1 amide bonds. The van der Waals surface area contributed by atoms with Gasteiger partial charge in [0.15, 0.2) is 0 Å². The van der Waals surface area contributed by atoms with E-state index in [1.54, 1.807) is 0 Å². The predicted octanol–water partition coefficient (Wildman–Crippen LogP) is 2.50. The predicted molar refractivity (Wildman–Crippen MR) is 70.5 cm³/mol. The molecule has 110 valence electrons. The lowest BCUT2D eigenvalue weighted by Crippen LogP contribution is -2.43. The van der Waals surface area contributed by atoms with E-state index in [1.165, 1.54) is 25.3 Å². The molecule has 3 nitrogen and oxygen atoms in total. The maximum atomic E-state index is 12.5. The van der Waals surface area contributed by atoms with Crippen molar-refractivity contribution in [2.24, 2.45) is 0 Å². The van der Waals surface area contributed by atoms with E-state index in [-0.39, 0.29) is 12.2 Å². The number of nitrogens with zero attached hydrogens (tertiary/aromatic N) is 1. The van der Waals surface area contributed by atoms with Crippen molar-refractivity contribution in [1.82, 2.24) is 4.90 Å². The van der Waals surface area contributed by atoms with Gasteiger partial charge in [0.2, 0.25) is 0 Å². The summed E-state index contributed by atoms with van der Waals surface area (Å²) in [7, 11) is 0. The maximum absolute atomic E-state index is 12.5. The van der Waals surface area contributed by atoms with Gasteiger partial charge in [0.1, 0.15) is 13.2 Å². The molecule has 0 atom stereocenters. The van der Waals surface area contributed by atoms with Gasteiger partial charge in [0, 0.05) is 11.4 Å². The number of hydrogen-bond acceptors (Lipinski definition) is 3. The van der Waals surface area contributed by atoms with Crippen molar-refractivity contribution in [3.8, 4) is 11.8 Å². The van der Waals surface area contributed by atoms with Gasteiger partial charge in [-0.1, -0.05) is 11.8 Å². The molecule has 0 aliphatic carbocycles. The number of carbonyl (C=O) groups is 1. The van der Waals surface area contributed by atoms with E-state index >= 15 is 0 Å². The highest BCUT2D eigenvalue weighted by atomic mass is 32.1. The number of rotatable bonds is 3. The molecule has 0 fully saturated rings. The van der Waals surface area contributed by atoms with Crippen LogP contribution in [0.4, 0.5) is 13.2 Å². The Bertz CT molecular complexity index is 526. The van der Waals surface area contributed by atoms with Gasteiger partial charge in [-0.2, -0.15) is 13.2 Å². The number of carbonyl (C=O) groups excluding carboxylic acids is 1. The third-order valence-electron chi connectivity index (χ3n) is 2.37. The van der Waals surface area contributed by atoms with Crippen molar-refractivity contribution in [2.75, 3.05) is 13.2 Å². The van der Waals surface area contributed by atoms with Crippen LogP contribution < -0.4 is 0 Å². The van der Waals surface area contributed by atoms with Gasteiger partial charge in [0.05, 0.1) is 10.4 Å². The molecule has 1 aromatic rings. The number of halogens is 3. The van der Waals surface area contributed by atoms with Crippen LogP contribution in [0.3, 0.4) is 0 Å². The number of aliphatic hydroxyl groups excluding tert-OH is 1. The molecule has 1 aromatic heterocycles. The van der Waals surface area contributed by atoms with Crippen LogP contribution in [0.2, 0.25) is 0 Å². The molecule has 0 radical (unpaired) electrons. The second-order valence-corrected chi connectivity index (χ2v) is 5.21. The van der Waals surface area contributed by atoms with Crippen molar-refractivity contribution in [2.45, 2.75) is 26.1 Å². The highest BCUT2D eigenvalue weighted by Crippen LogP contribution is 2.22. The van der Waals surface area contributed by atoms with Crippen molar-refractivity contribution < 1.29 is 23.1 Å². The Labute approximate surface area is 119 Å². The molecule has 0 saturated heterocycles. The monoisotopic (exact) mass is 305 g/mol. The van der Waals surface area contributed by atoms with E-state index < -0.39 is 24.7 Å². The zero-order chi connectivity index (χ0) is 15.3. The van der Waals surface area contributed by atoms with Gasteiger partial charge in [-0.05, 0) is 19.9 Å². The summed E-state index contributed by atoms with van der Waals surface area (Å²) in [4.78, 5) is 13.4. The summed E-state index contributed by atoms with van der Waals surface area (Å²) in [6.45, 7) is 1.47. The average molecular weight is 305 g/mol. The van der Waals surface area contributed by atoms with E-state index in [4.69, 9.17) is 5.11 Å². The summed E-state index contributed by atoms with van der Waals surface area (Å²) in [6, 6.07) is 0.873. The molecule has 1 N–H and O–H groups in total. The molecule has 0 bridgehead atoms. The summed E-state index contributed by atoms with van der Waals surface area (Å²) in [5, 5.41) is 10.0. The highest BCUT2D eigenvalue weighted by molar-refractivity contribution is 7.10. The lowest BCUT2D eigenvalue weighted by atomic mass is 10.2. The first kappa shape index (κ1) is 16.5. The van der Waals surface area contributed by atoms with Crippen molar-refractivity contribution in [3.63, 3.8) is 0 Å². The van der Waals surface area contributed by atoms with Gasteiger partial charge < -0.3 is 10.0 Å². The van der Waals surface area contributed by atoms with Crippen molar-refractivity contribution in [3.05, 3.63) is 21.9 Å². The fraction of sp³-hybridized carbons (Fsp3) is 0.462. The maximum Gasteiger partial charge on any atom is 0.406 e. The Morgan fingerprint density at radius 1 is 1.50 bits per heavy atom. The standard InChI is InChI=1S/C13H14F3NO2S/c1-9(2)17(8-13(14,15)16)12(19)10-6-11(20-7-10)4-3-5-18/h6-7,9,18H,5,8H2,1-2H3. The number of aliphatic hydroxyl groups is 1. The van der Waals surface area contributed by atoms with Crippen LogP contribution in [0, 0.1) is 11.8 Å². The zero-order valence-electron chi connectivity index (χ0n) is 11.0. The van der Waals surface area contributed by atoms with Crippen molar-refractivity contribution >= 4 is 17.2 Å². The van der Waals surface area contributed by atoms with E-state index in [0.717, 1.165) is 16.2 Å². The molecule has 20 heavy (non-hydrogen) atoms. The average Bonchev–Trinajstić information content (AvgIpc) is 2.80. The minimum atomic E-state index is -4.44. The summed E-state index contributed by atoms with van der Waals surface area (Å²) in [5.74, 6) is 4.35. The van der Waals surface area contributed by atoms with Crippen LogP contribution in [0.25, 0.3) is 0 Å². The molecule has 0 aliphatic heterocycles. The minimum absolute atomic E-state index is 0.176. The second-order valence-electron chi connectivity index (χ2n) is 4.30. The molecule has 0 unspecified atom stereocenters. The molecular formula is C13H14F3NO2S. The molecule has 1 heterocycles. The first-order valence-electron chi connectivity index (χ1n) is 5.80. The zero-order valence-corrected chi connectivity index (χ0v) is 11.8. The number of hydrogen-bond donors (Lipinski definition) is 1. The van der Waals surface area contributed by atoms with Crippen LogP contribution in [0.1, 0.15) is 29.1 Å². The molecule has 0 aromatic carbocycles. The third-order valence-corrected chi connectivity index (χ3v) is 3.22. The third kappa shape index (κ3) is 4.87. The van der Waals surface area contributed by atoms with Gasteiger partial charge in [-0.25, -0.2) is 0 Å². The summed E-state index contributed by atoms with van der Waals surface area (Å²) in [6.07, 6.45) is -4.44. The summed E-state index contributed by atoms with van der Waals surface area (Å²) >= 11 is 1.15. The number of thiophene rings is 1. The Hall–Kier alpha value is -1.52. The normalized spacial score (nSPS) is 11.2. The molecule has 0 spiro atoms. The largest absolute Gasteiger partial charge is 0.406 e. The minimum Gasteiger partial charge on any atom is -0.384 e. The molecule has 1 rings (SSSR count). The van der Waals surface area contributed by atoms with E-state index in [1.807, 2.05) is 0 Å². The molecule has 0 saturated carbocycles. The number of amides is 1. The van der Waals surface area contributed by atoms with Crippen LogP contribution in [-0.2, 0) is 0 Å². The van der Waals surface area contributed by atoms with Crippen LogP contribution in [0.15, 0.2) is 11.4 Å².